The van der Waals surface area contributed by atoms with E-state index in [4.69, 9.17) is 44.3 Å². The van der Waals surface area contributed by atoms with Gasteiger partial charge in [-0.15, -0.1) is 11.3 Å². The monoisotopic (exact) mass is 537 g/mol. The highest BCUT2D eigenvalue weighted by Gasteiger charge is 2.48. The van der Waals surface area contributed by atoms with Gasteiger partial charge in [0, 0.05) is 16.1 Å². The highest BCUT2D eigenvalue weighted by Crippen LogP contribution is 2.46. The lowest BCUT2D eigenvalue weighted by Crippen LogP contribution is -2.29. The summed E-state index contributed by atoms with van der Waals surface area (Å²) in [5, 5.41) is 13.7. The smallest absolute Gasteiger partial charge is 0.300 e. The molecule has 34 heavy (non-hydrogen) atoms. The lowest BCUT2D eigenvalue weighted by molar-refractivity contribution is -0.132. The van der Waals surface area contributed by atoms with Crippen molar-refractivity contribution in [3.8, 4) is 11.5 Å². The number of benzene rings is 2. The number of Topliss-reactive ketones (excluding diaryl/α,β-unsaturated/α-hetero) is 1. The van der Waals surface area contributed by atoms with Crippen LogP contribution in [0.25, 0.3) is 5.76 Å². The molecule has 1 fully saturated rings. The van der Waals surface area contributed by atoms with E-state index in [1.54, 1.807) is 18.2 Å². The number of carbonyl (C=O) groups is 2. The van der Waals surface area contributed by atoms with Crippen LogP contribution in [0.5, 0.6) is 11.5 Å². The SMILES string of the molecule is COc1ccc(N2C(=O)C(=O)/C(=C(\O)c3cc(Cl)c(OC)c(Cl)c3)C2c2sccc2C)cc1Cl. The number of hydrogen-bond donors (Lipinski definition) is 1. The van der Waals surface area contributed by atoms with Gasteiger partial charge in [0.1, 0.15) is 17.6 Å². The van der Waals surface area contributed by atoms with Crippen molar-refractivity contribution in [1.29, 1.82) is 0 Å². The molecule has 0 bridgehead atoms. The van der Waals surface area contributed by atoms with E-state index in [1.165, 1.54) is 42.6 Å². The van der Waals surface area contributed by atoms with Crippen LogP contribution in [0.15, 0.2) is 47.4 Å². The van der Waals surface area contributed by atoms with E-state index >= 15 is 0 Å². The second-order valence-electron chi connectivity index (χ2n) is 7.43. The van der Waals surface area contributed by atoms with Gasteiger partial charge in [0.2, 0.25) is 0 Å². The molecular weight excluding hydrogens is 521 g/mol. The second kappa shape index (κ2) is 9.50. The highest BCUT2D eigenvalue weighted by atomic mass is 35.5. The van der Waals surface area contributed by atoms with Gasteiger partial charge in [-0.2, -0.15) is 0 Å². The fourth-order valence-electron chi connectivity index (χ4n) is 3.86. The molecular formula is C24H18Cl3NO5S. The van der Waals surface area contributed by atoms with Gasteiger partial charge in [-0.3, -0.25) is 14.5 Å². The Hall–Kier alpha value is -2.71. The first-order chi connectivity index (χ1) is 16.2. The van der Waals surface area contributed by atoms with Gasteiger partial charge in [-0.25, -0.2) is 0 Å². The van der Waals surface area contributed by atoms with Crippen LogP contribution in [0.3, 0.4) is 0 Å². The van der Waals surface area contributed by atoms with Gasteiger partial charge >= 0.3 is 0 Å². The van der Waals surface area contributed by atoms with Crippen LogP contribution >= 0.6 is 46.1 Å². The number of aliphatic hydroxyl groups excluding tert-OH is 1. The summed E-state index contributed by atoms with van der Waals surface area (Å²) >= 11 is 20.2. The van der Waals surface area contributed by atoms with Crippen molar-refractivity contribution in [3.05, 3.63) is 78.4 Å². The molecule has 0 saturated carbocycles. The van der Waals surface area contributed by atoms with Crippen molar-refractivity contribution in [2.45, 2.75) is 13.0 Å². The number of thiophene rings is 1. The Balaban J connectivity index is 1.95. The zero-order valence-electron chi connectivity index (χ0n) is 18.2. The molecule has 176 valence electrons. The molecule has 2 heterocycles. The lowest BCUT2D eigenvalue weighted by Gasteiger charge is -2.25. The summed E-state index contributed by atoms with van der Waals surface area (Å²) in [6.07, 6.45) is 0. The summed E-state index contributed by atoms with van der Waals surface area (Å²) in [4.78, 5) is 28.6. The second-order valence-corrected chi connectivity index (χ2v) is 9.60. The van der Waals surface area contributed by atoms with Gasteiger partial charge < -0.3 is 14.6 Å². The topological polar surface area (TPSA) is 76.1 Å². The van der Waals surface area contributed by atoms with E-state index < -0.39 is 23.5 Å². The summed E-state index contributed by atoms with van der Waals surface area (Å²) < 4.78 is 10.4. The van der Waals surface area contributed by atoms with Gasteiger partial charge in [-0.05, 0) is 54.3 Å². The van der Waals surface area contributed by atoms with Gasteiger partial charge in [0.15, 0.2) is 5.75 Å². The minimum absolute atomic E-state index is 0.0835. The lowest BCUT2D eigenvalue weighted by atomic mass is 9.98. The van der Waals surface area contributed by atoms with Gasteiger partial charge in [0.25, 0.3) is 11.7 Å². The molecule has 1 aliphatic rings. The van der Waals surface area contributed by atoms with Crippen LogP contribution < -0.4 is 14.4 Å². The zero-order valence-corrected chi connectivity index (χ0v) is 21.3. The maximum Gasteiger partial charge on any atom is 0.300 e. The first kappa shape index (κ1) is 24.4. The number of amides is 1. The molecule has 2 aromatic carbocycles. The van der Waals surface area contributed by atoms with Crippen LogP contribution in [0.4, 0.5) is 5.69 Å². The maximum absolute atomic E-state index is 13.3. The Morgan fingerprint density at radius 3 is 2.21 bits per heavy atom. The number of nitrogens with zero attached hydrogens (tertiary/aromatic N) is 1. The van der Waals surface area contributed by atoms with Gasteiger partial charge in [-0.1, -0.05) is 34.8 Å². The largest absolute Gasteiger partial charge is 0.507 e. The van der Waals surface area contributed by atoms with Crippen molar-refractivity contribution in [3.63, 3.8) is 0 Å². The third-order valence-electron chi connectivity index (χ3n) is 5.48. The molecule has 1 N–H and O–H groups in total. The van der Waals surface area contributed by atoms with Crippen LogP contribution in [-0.2, 0) is 9.59 Å². The Kier molecular flexibility index (Phi) is 6.82. The van der Waals surface area contributed by atoms with E-state index in [1.807, 2.05) is 18.4 Å². The number of anilines is 1. The summed E-state index contributed by atoms with van der Waals surface area (Å²) in [6, 6.07) is 8.63. The third-order valence-corrected chi connectivity index (χ3v) is 7.41. The number of hydrogen-bond acceptors (Lipinski definition) is 6. The average Bonchev–Trinajstić information content (AvgIpc) is 3.33. The molecule has 0 aliphatic carbocycles. The first-order valence-electron chi connectivity index (χ1n) is 9.91. The Morgan fingerprint density at radius 2 is 1.68 bits per heavy atom. The van der Waals surface area contributed by atoms with Crippen molar-refractivity contribution >= 4 is 69.3 Å². The van der Waals surface area contributed by atoms with E-state index in [0.29, 0.717) is 11.4 Å². The average molecular weight is 539 g/mol. The Morgan fingerprint density at radius 1 is 1.00 bits per heavy atom. The van der Waals surface area contributed by atoms with Crippen molar-refractivity contribution in [2.24, 2.45) is 0 Å². The number of ether oxygens (including phenoxy) is 2. The zero-order chi connectivity index (χ0) is 24.7. The molecule has 1 aromatic heterocycles. The standard InChI is InChI=1S/C24H18Cl3NO5S/c1-11-6-7-34-23(11)19-18(20(29)12-8-15(26)22(33-3)16(27)9-12)21(30)24(31)28(19)13-4-5-17(32-2)14(25)10-13/h4-10,19,29H,1-3H3/b20-18-. The first-order valence-corrected chi connectivity index (χ1v) is 11.9. The summed E-state index contributed by atoms with van der Waals surface area (Å²) in [7, 11) is 2.89. The number of ketones is 1. The van der Waals surface area contributed by atoms with Crippen LogP contribution in [0, 0.1) is 6.92 Å². The fourth-order valence-corrected chi connectivity index (χ4v) is 5.78. The van der Waals surface area contributed by atoms with Crippen molar-refractivity contribution < 1.29 is 24.2 Å². The molecule has 4 rings (SSSR count). The molecule has 1 atom stereocenters. The number of aryl methyl sites for hydroxylation is 1. The predicted molar refractivity (Wildman–Crippen MR) is 135 cm³/mol. The Bertz CT molecular complexity index is 1330. The predicted octanol–water partition coefficient (Wildman–Crippen LogP) is 6.66. The molecule has 0 radical (unpaired) electrons. The molecule has 0 spiro atoms. The molecule has 1 saturated heterocycles. The molecule has 1 unspecified atom stereocenters. The minimum atomic E-state index is -0.885. The van der Waals surface area contributed by atoms with Crippen LogP contribution in [0.1, 0.15) is 22.0 Å². The maximum atomic E-state index is 13.3. The van der Waals surface area contributed by atoms with Crippen LogP contribution in [0.2, 0.25) is 15.1 Å². The van der Waals surface area contributed by atoms with Gasteiger partial charge in [0.05, 0.1) is 34.9 Å². The minimum Gasteiger partial charge on any atom is -0.507 e. The number of methoxy groups -OCH3 is 2. The summed E-state index contributed by atoms with van der Waals surface area (Å²) in [6.45, 7) is 1.87. The molecule has 10 heteroatoms. The number of aliphatic hydroxyl groups is 1. The highest BCUT2D eigenvalue weighted by molar-refractivity contribution is 7.10. The number of rotatable bonds is 5. The summed E-state index contributed by atoms with van der Waals surface area (Å²) in [5.41, 5.74) is 1.34. The van der Waals surface area contributed by atoms with E-state index in [-0.39, 0.29) is 32.0 Å². The normalized spacial score (nSPS) is 17.4. The molecule has 1 amide bonds. The van der Waals surface area contributed by atoms with E-state index in [2.05, 4.69) is 0 Å². The van der Waals surface area contributed by atoms with E-state index in [0.717, 1.165) is 10.4 Å². The molecule has 1 aliphatic heterocycles. The number of carbonyl (C=O) groups excluding carboxylic acids is 2. The van der Waals surface area contributed by atoms with Crippen molar-refractivity contribution in [2.75, 3.05) is 19.1 Å². The molecule has 6 nitrogen and oxygen atoms in total. The fraction of sp³-hybridized carbons (Fsp3) is 0.167. The van der Waals surface area contributed by atoms with Crippen molar-refractivity contribution in [1.82, 2.24) is 0 Å². The van der Waals surface area contributed by atoms with E-state index in [9.17, 15) is 14.7 Å². The Labute approximate surface area is 214 Å². The third kappa shape index (κ3) is 4.03. The number of halogens is 3. The van der Waals surface area contributed by atoms with Crippen LogP contribution in [-0.4, -0.2) is 31.0 Å². The quantitative estimate of drug-likeness (QED) is 0.223. The molecule has 3 aromatic rings. The summed E-state index contributed by atoms with van der Waals surface area (Å²) in [5.74, 6) is -1.38.